The van der Waals surface area contributed by atoms with Crippen molar-refractivity contribution in [2.45, 2.75) is 18.8 Å². The summed E-state index contributed by atoms with van der Waals surface area (Å²) >= 11 is 5.45. The van der Waals surface area contributed by atoms with Gasteiger partial charge in [0.2, 0.25) is 0 Å². The summed E-state index contributed by atoms with van der Waals surface area (Å²) in [7, 11) is 0. The third-order valence-corrected chi connectivity index (χ3v) is 1.85. The minimum absolute atomic E-state index is 0. The van der Waals surface area contributed by atoms with Crippen molar-refractivity contribution in [3.63, 3.8) is 0 Å². The van der Waals surface area contributed by atoms with Gasteiger partial charge in [-0.25, -0.2) is 0 Å². The number of hydrogen-bond donors (Lipinski definition) is 2. The van der Waals surface area contributed by atoms with Crippen molar-refractivity contribution in [3.8, 4) is 0 Å². The third-order valence-electron chi connectivity index (χ3n) is 1.64. The van der Waals surface area contributed by atoms with Gasteiger partial charge in [0.25, 0.3) is 0 Å². The molecule has 1 atom stereocenters. The molecule has 0 bridgehead atoms. The second kappa shape index (κ2) is 6.34. The summed E-state index contributed by atoms with van der Waals surface area (Å²) in [6, 6.07) is 3.02. The molecule has 0 spiro atoms. The third kappa shape index (κ3) is 5.07. The molecule has 1 heterocycles. The van der Waals surface area contributed by atoms with E-state index in [0.29, 0.717) is 5.76 Å². The van der Waals surface area contributed by atoms with Crippen LogP contribution in [0.15, 0.2) is 16.5 Å². The normalized spacial score (nSPS) is 13.3. The highest BCUT2D eigenvalue weighted by Gasteiger charge is 2.37. The van der Waals surface area contributed by atoms with Crippen LogP contribution in [0.2, 0.25) is 5.22 Å². The summed E-state index contributed by atoms with van der Waals surface area (Å²) in [6.07, 6.45) is -6.98. The van der Waals surface area contributed by atoms with Crippen molar-refractivity contribution in [3.05, 3.63) is 23.1 Å². The predicted molar refractivity (Wildman–Crippen MR) is 54.7 cm³/mol. The molecule has 16 heavy (non-hydrogen) atoms. The van der Waals surface area contributed by atoms with E-state index in [2.05, 4.69) is 5.32 Å². The minimum Gasteiger partial charge on any atom is -0.448 e. The van der Waals surface area contributed by atoms with Crippen LogP contribution < -0.4 is 5.32 Å². The van der Waals surface area contributed by atoms with E-state index in [1.165, 1.54) is 12.1 Å². The average Bonchev–Trinajstić information content (AvgIpc) is 2.49. The van der Waals surface area contributed by atoms with Crippen LogP contribution in [-0.2, 0) is 6.54 Å². The van der Waals surface area contributed by atoms with Gasteiger partial charge in [-0.1, -0.05) is 0 Å². The number of hydrogen-bond acceptors (Lipinski definition) is 3. The zero-order chi connectivity index (χ0) is 11.5. The molecule has 1 unspecified atom stereocenters. The molecule has 0 fully saturated rings. The Balaban J connectivity index is 0.00000225. The number of aliphatic hydroxyl groups is 1. The van der Waals surface area contributed by atoms with Gasteiger partial charge in [-0.2, -0.15) is 13.2 Å². The van der Waals surface area contributed by atoms with E-state index in [4.69, 9.17) is 21.1 Å². The molecule has 94 valence electrons. The van der Waals surface area contributed by atoms with Crippen molar-refractivity contribution in [2.75, 3.05) is 6.54 Å². The Morgan fingerprint density at radius 2 is 2.06 bits per heavy atom. The molecule has 0 aromatic carbocycles. The first-order valence-electron chi connectivity index (χ1n) is 4.09. The van der Waals surface area contributed by atoms with Gasteiger partial charge in [0.15, 0.2) is 11.3 Å². The van der Waals surface area contributed by atoms with E-state index in [1.807, 2.05) is 0 Å². The molecule has 0 aliphatic heterocycles. The topological polar surface area (TPSA) is 45.4 Å². The average molecular weight is 280 g/mol. The minimum atomic E-state index is -4.60. The van der Waals surface area contributed by atoms with E-state index in [0.717, 1.165) is 0 Å². The Labute approximate surface area is 101 Å². The molecule has 1 rings (SSSR count). The highest BCUT2D eigenvalue weighted by atomic mass is 35.5. The monoisotopic (exact) mass is 279 g/mol. The Kier molecular flexibility index (Phi) is 6.17. The summed E-state index contributed by atoms with van der Waals surface area (Å²) in [5.74, 6) is 0.411. The molecule has 0 amide bonds. The Morgan fingerprint density at radius 1 is 1.44 bits per heavy atom. The van der Waals surface area contributed by atoms with Crippen molar-refractivity contribution >= 4 is 24.0 Å². The van der Waals surface area contributed by atoms with E-state index in [1.54, 1.807) is 0 Å². The molecule has 3 nitrogen and oxygen atoms in total. The predicted octanol–water partition coefficient (Wildman–Crippen LogP) is 2.37. The van der Waals surface area contributed by atoms with E-state index in [-0.39, 0.29) is 24.2 Å². The quantitative estimate of drug-likeness (QED) is 0.890. The molecule has 0 radical (unpaired) electrons. The number of nitrogens with one attached hydrogen (secondary N) is 1. The molecule has 0 aliphatic rings. The second-order valence-corrected chi connectivity index (χ2v) is 3.27. The molecule has 1 aromatic rings. The van der Waals surface area contributed by atoms with Gasteiger partial charge in [-0.05, 0) is 23.7 Å². The molecule has 2 N–H and O–H groups in total. The Hall–Kier alpha value is -0.430. The van der Waals surface area contributed by atoms with Gasteiger partial charge in [0, 0.05) is 6.54 Å². The van der Waals surface area contributed by atoms with Crippen LogP contribution in [0.25, 0.3) is 0 Å². The number of rotatable bonds is 4. The largest absolute Gasteiger partial charge is 0.448 e. The highest BCUT2D eigenvalue weighted by molar-refractivity contribution is 6.28. The van der Waals surface area contributed by atoms with Crippen LogP contribution in [0.1, 0.15) is 5.76 Å². The number of halogens is 5. The first-order chi connectivity index (χ1) is 6.89. The summed E-state index contributed by atoms with van der Waals surface area (Å²) in [6.45, 7) is -0.498. The lowest BCUT2D eigenvalue weighted by molar-refractivity contribution is -0.201. The Bertz CT molecular complexity index is 316. The summed E-state index contributed by atoms with van der Waals surface area (Å²) < 4.78 is 40.4. The van der Waals surface area contributed by atoms with Gasteiger partial charge in [-0.3, -0.25) is 0 Å². The molecule has 0 saturated heterocycles. The summed E-state index contributed by atoms with van der Waals surface area (Å²) in [4.78, 5) is 0. The fourth-order valence-corrected chi connectivity index (χ4v) is 1.06. The van der Waals surface area contributed by atoms with Crippen LogP contribution in [0, 0.1) is 0 Å². The zero-order valence-electron chi connectivity index (χ0n) is 7.92. The maximum absolute atomic E-state index is 11.8. The highest BCUT2D eigenvalue weighted by Crippen LogP contribution is 2.19. The lowest BCUT2D eigenvalue weighted by Crippen LogP contribution is -2.38. The molecular formula is C8H10Cl2F3NO2. The molecule has 1 aromatic heterocycles. The molecule has 0 saturated carbocycles. The van der Waals surface area contributed by atoms with Gasteiger partial charge >= 0.3 is 6.18 Å². The number of alkyl halides is 3. The maximum atomic E-state index is 11.8. The van der Waals surface area contributed by atoms with Gasteiger partial charge in [-0.15, -0.1) is 12.4 Å². The molecular weight excluding hydrogens is 270 g/mol. The van der Waals surface area contributed by atoms with Gasteiger partial charge in [0.05, 0.1) is 6.54 Å². The second-order valence-electron chi connectivity index (χ2n) is 2.89. The Morgan fingerprint density at radius 3 is 2.50 bits per heavy atom. The van der Waals surface area contributed by atoms with Crippen LogP contribution in [0.5, 0.6) is 0 Å². The van der Waals surface area contributed by atoms with Gasteiger partial charge < -0.3 is 14.8 Å². The first-order valence-corrected chi connectivity index (χ1v) is 4.47. The fraction of sp³-hybridized carbons (Fsp3) is 0.500. The fourth-order valence-electron chi connectivity index (χ4n) is 0.895. The van der Waals surface area contributed by atoms with Crippen LogP contribution in [0.4, 0.5) is 13.2 Å². The lowest BCUT2D eigenvalue weighted by Gasteiger charge is -2.14. The van der Waals surface area contributed by atoms with Gasteiger partial charge in [0.1, 0.15) is 5.76 Å². The van der Waals surface area contributed by atoms with E-state index < -0.39 is 18.8 Å². The van der Waals surface area contributed by atoms with E-state index >= 15 is 0 Å². The maximum Gasteiger partial charge on any atom is 0.415 e. The number of furan rings is 1. The standard InChI is InChI=1S/C8H9ClF3NO2.ClH/c9-7-2-1-5(15-7)3-13-4-6(14)8(10,11)12;/h1-2,6,13-14H,3-4H2;1H. The number of aliphatic hydroxyl groups excluding tert-OH is 1. The van der Waals surface area contributed by atoms with Crippen molar-refractivity contribution < 1.29 is 22.7 Å². The SMILES string of the molecule is Cl.OC(CNCc1ccc(Cl)o1)C(F)(F)F. The van der Waals surface area contributed by atoms with Crippen molar-refractivity contribution in [1.82, 2.24) is 5.32 Å². The van der Waals surface area contributed by atoms with Crippen LogP contribution in [-0.4, -0.2) is 23.9 Å². The van der Waals surface area contributed by atoms with Crippen molar-refractivity contribution in [1.29, 1.82) is 0 Å². The van der Waals surface area contributed by atoms with Crippen LogP contribution >= 0.6 is 24.0 Å². The van der Waals surface area contributed by atoms with Crippen molar-refractivity contribution in [2.24, 2.45) is 0 Å². The zero-order valence-corrected chi connectivity index (χ0v) is 9.49. The van der Waals surface area contributed by atoms with E-state index in [9.17, 15) is 13.2 Å². The summed E-state index contributed by atoms with van der Waals surface area (Å²) in [5.41, 5.74) is 0. The smallest absolute Gasteiger partial charge is 0.415 e. The van der Waals surface area contributed by atoms with Crippen LogP contribution in [0.3, 0.4) is 0 Å². The molecule has 8 heteroatoms. The first kappa shape index (κ1) is 15.6. The lowest BCUT2D eigenvalue weighted by atomic mass is 10.3. The summed E-state index contributed by atoms with van der Waals surface area (Å²) in [5, 5.41) is 11.2. The molecule has 0 aliphatic carbocycles.